The number of quaternary nitrogens is 1. The highest BCUT2D eigenvalue weighted by Gasteiger charge is 2.60. The summed E-state index contributed by atoms with van der Waals surface area (Å²) in [5.41, 5.74) is 0.353. The molecule has 4 rings (SSSR count). The third-order valence-corrected chi connectivity index (χ3v) is 9.51. The van der Waals surface area contributed by atoms with Crippen LogP contribution in [0.2, 0.25) is 0 Å². The van der Waals surface area contributed by atoms with Crippen molar-refractivity contribution in [3.05, 3.63) is 50.5 Å². The van der Waals surface area contributed by atoms with Gasteiger partial charge in [-0.2, -0.15) is 0 Å². The van der Waals surface area contributed by atoms with Crippen LogP contribution in [0.4, 0.5) is 10.5 Å². The summed E-state index contributed by atoms with van der Waals surface area (Å²) in [7, 11) is 5.89. The van der Waals surface area contributed by atoms with Gasteiger partial charge in [-0.3, -0.25) is 24.6 Å². The monoisotopic (exact) mass is 605 g/mol. The van der Waals surface area contributed by atoms with Gasteiger partial charge in [-0.1, -0.05) is 6.92 Å². The number of Topliss-reactive ketones (excluding diaryl/α,β-unsaturated/α-hetero) is 1. The molecule has 0 radical (unpaired) electrons. The average molecular weight is 606 g/mol. The second-order valence-corrected chi connectivity index (χ2v) is 13.5. The van der Waals surface area contributed by atoms with E-state index >= 15 is 0 Å². The van der Waals surface area contributed by atoms with Crippen molar-refractivity contribution in [2.24, 2.45) is 11.8 Å². The number of hydrogen-bond acceptors (Lipinski definition) is 9. The Morgan fingerprint density at radius 2 is 1.86 bits per heavy atom. The maximum Gasteiger partial charge on any atom is 0.410 e. The van der Waals surface area contributed by atoms with Crippen LogP contribution < -0.4 is 0 Å². The maximum absolute atomic E-state index is 13.4. The van der Waals surface area contributed by atoms with Crippen LogP contribution in [0.15, 0.2) is 34.9 Å². The molecule has 3 heterocycles. The highest BCUT2D eigenvalue weighted by molar-refractivity contribution is 8.03. The van der Waals surface area contributed by atoms with Crippen LogP contribution in [0.25, 0.3) is 0 Å². The van der Waals surface area contributed by atoms with Crippen LogP contribution in [0.3, 0.4) is 0 Å². The minimum absolute atomic E-state index is 0.0881. The van der Waals surface area contributed by atoms with Gasteiger partial charge in [0.25, 0.3) is 5.69 Å². The zero-order chi connectivity index (χ0) is 31.1. The summed E-state index contributed by atoms with van der Waals surface area (Å²) in [5.74, 6) is -2.82. The Bertz CT molecular complexity index is 1310. The smallest absolute Gasteiger partial charge is 0.410 e. The van der Waals surface area contributed by atoms with Gasteiger partial charge in [-0.05, 0) is 31.0 Å². The highest BCUT2D eigenvalue weighted by atomic mass is 32.2. The lowest BCUT2D eigenvalue weighted by molar-refractivity contribution is -0.869. The fourth-order valence-electron chi connectivity index (χ4n) is 5.80. The van der Waals surface area contributed by atoms with Gasteiger partial charge < -0.3 is 24.3 Å². The van der Waals surface area contributed by atoms with E-state index in [1.54, 1.807) is 0 Å². The molecule has 42 heavy (non-hydrogen) atoms. The molecule has 228 valence electrons. The topological polar surface area (TPSA) is 168 Å². The third-order valence-electron chi connectivity index (χ3n) is 8.01. The Balaban J connectivity index is 1.52. The number of carboxylic acids is 1. The van der Waals surface area contributed by atoms with Crippen LogP contribution in [0, 0.1) is 22.0 Å². The first-order chi connectivity index (χ1) is 19.6. The number of fused-ring (bicyclic) bond motifs is 1. The number of β-lactam (4-membered cyclic amide) rings is 1. The first kappa shape index (κ1) is 31.4. The molecule has 0 spiro atoms. The summed E-state index contributed by atoms with van der Waals surface area (Å²) in [4.78, 5) is 65.1. The summed E-state index contributed by atoms with van der Waals surface area (Å²) in [6.45, 7) is 3.89. The molecule has 6 atom stereocenters. The first-order valence-corrected chi connectivity index (χ1v) is 14.6. The van der Waals surface area contributed by atoms with E-state index in [1.165, 1.54) is 52.8 Å². The summed E-state index contributed by atoms with van der Waals surface area (Å²) >= 11 is 1.26. The minimum Gasteiger partial charge on any atom is -0.477 e. The maximum atomic E-state index is 13.4. The Hall–Kier alpha value is -3.49. The van der Waals surface area contributed by atoms with Crippen molar-refractivity contribution in [3.63, 3.8) is 0 Å². The van der Waals surface area contributed by atoms with Gasteiger partial charge in [0.05, 0.1) is 63.1 Å². The molecule has 1 aromatic rings. The standard InChI is InChI=1S/C28H36N4O9S/c1-15-23-22(16(2)33)26(35)30(23)24(27(36)37)25(15)42-19-12-20(21(34)10-11-32(3,4)5)29(13-19)28(38)41-14-17-6-8-18(9-7-17)31(39)40/h6-9,15-16,19-20,22-23,33H,10-14H2,1-5H3/p+1/t15-,16-,19+,20+,22-,23-/m1/s1. The number of carboxylic acid groups (broad SMARTS) is 1. The van der Waals surface area contributed by atoms with Crippen molar-refractivity contribution >= 4 is 41.2 Å². The summed E-state index contributed by atoms with van der Waals surface area (Å²) in [5, 5.41) is 30.7. The van der Waals surface area contributed by atoms with E-state index in [0.29, 0.717) is 21.5 Å². The SMILES string of the molecule is C[C@@H](O)[C@H]1C(=O)N2C(C(=O)O)=C(S[C@H]3C[C@@H](C(=O)CC[N+](C)(C)C)N(C(=O)OCc4ccc([N+](=O)[O-])cc4)C3)[C@H](C)[C@H]12. The number of nitrogens with zero attached hydrogens (tertiary/aromatic N) is 4. The van der Waals surface area contributed by atoms with Gasteiger partial charge in [0.1, 0.15) is 12.3 Å². The lowest BCUT2D eigenvalue weighted by Crippen LogP contribution is -2.63. The fourth-order valence-corrected chi connectivity index (χ4v) is 7.33. The number of benzene rings is 1. The van der Waals surface area contributed by atoms with Gasteiger partial charge in [-0.15, -0.1) is 11.8 Å². The van der Waals surface area contributed by atoms with Crippen LogP contribution in [-0.2, 0) is 25.7 Å². The second kappa shape index (κ2) is 12.0. The highest BCUT2D eigenvalue weighted by Crippen LogP contribution is 2.52. The van der Waals surface area contributed by atoms with Crippen molar-refractivity contribution in [3.8, 4) is 0 Å². The Kier molecular flexibility index (Phi) is 9.00. The molecule has 0 aliphatic carbocycles. The fraction of sp³-hybridized carbons (Fsp3) is 0.571. The molecule has 13 nitrogen and oxygen atoms in total. The Morgan fingerprint density at radius 1 is 1.21 bits per heavy atom. The molecule has 0 saturated carbocycles. The van der Waals surface area contributed by atoms with E-state index in [0.717, 1.165) is 0 Å². The van der Waals surface area contributed by atoms with Gasteiger partial charge in [0, 0.05) is 34.8 Å². The molecule has 3 aliphatic rings. The van der Waals surface area contributed by atoms with Crippen molar-refractivity contribution in [1.82, 2.24) is 9.80 Å². The molecular weight excluding hydrogens is 568 g/mol. The third kappa shape index (κ3) is 6.30. The number of non-ortho nitro benzene ring substituents is 1. The lowest BCUT2D eigenvalue weighted by atomic mass is 9.79. The average Bonchev–Trinajstić information content (AvgIpc) is 3.43. The van der Waals surface area contributed by atoms with Crippen molar-refractivity contribution < 1.29 is 43.5 Å². The van der Waals surface area contributed by atoms with Gasteiger partial charge in [-0.25, -0.2) is 9.59 Å². The predicted molar refractivity (Wildman–Crippen MR) is 152 cm³/mol. The Labute approximate surface area is 247 Å². The zero-order valence-electron chi connectivity index (χ0n) is 24.3. The van der Waals surface area contributed by atoms with Crippen LogP contribution in [0.5, 0.6) is 0 Å². The van der Waals surface area contributed by atoms with Crippen molar-refractivity contribution in [1.29, 1.82) is 0 Å². The molecule has 2 amide bonds. The summed E-state index contributed by atoms with van der Waals surface area (Å²) < 4.78 is 6.06. The number of nitro groups is 1. The van der Waals surface area contributed by atoms with Gasteiger partial charge in [0.2, 0.25) is 5.91 Å². The van der Waals surface area contributed by atoms with E-state index in [4.69, 9.17) is 4.74 Å². The number of amides is 2. The molecule has 2 N–H and O–H groups in total. The van der Waals surface area contributed by atoms with Crippen LogP contribution in [-0.4, -0.2) is 111 Å². The number of aliphatic hydroxyl groups is 1. The number of ether oxygens (including phenoxy) is 1. The van der Waals surface area contributed by atoms with Crippen LogP contribution in [0.1, 0.15) is 32.3 Å². The number of aliphatic hydroxyl groups excluding tert-OH is 1. The molecule has 0 unspecified atom stereocenters. The molecule has 2 fully saturated rings. The van der Waals surface area contributed by atoms with E-state index in [9.17, 15) is 39.5 Å². The number of likely N-dealkylation sites (tertiary alicyclic amines) is 1. The van der Waals surface area contributed by atoms with E-state index in [-0.39, 0.29) is 54.3 Å². The number of rotatable bonds is 11. The molecule has 0 aromatic heterocycles. The number of carbonyl (C=O) groups is 4. The number of ketones is 1. The van der Waals surface area contributed by atoms with Crippen molar-refractivity contribution in [2.75, 3.05) is 34.2 Å². The predicted octanol–water partition coefficient (Wildman–Crippen LogP) is 2.23. The van der Waals surface area contributed by atoms with Crippen molar-refractivity contribution in [2.45, 2.75) is 56.7 Å². The molecule has 1 aromatic carbocycles. The normalized spacial score (nSPS) is 26.1. The van der Waals surface area contributed by atoms with E-state index in [1.807, 2.05) is 28.1 Å². The molecule has 2 saturated heterocycles. The van der Waals surface area contributed by atoms with Gasteiger partial charge >= 0.3 is 12.1 Å². The van der Waals surface area contributed by atoms with E-state index in [2.05, 4.69) is 0 Å². The molecule has 0 bridgehead atoms. The molecule has 14 heteroatoms. The quantitative estimate of drug-likeness (QED) is 0.165. The minimum atomic E-state index is -1.24. The Morgan fingerprint density at radius 3 is 2.40 bits per heavy atom. The number of hydrogen-bond donors (Lipinski definition) is 2. The first-order valence-electron chi connectivity index (χ1n) is 13.8. The number of aliphatic carboxylic acids is 1. The summed E-state index contributed by atoms with van der Waals surface area (Å²) in [6.07, 6.45) is -1.11. The van der Waals surface area contributed by atoms with Crippen LogP contribution >= 0.6 is 11.8 Å². The lowest BCUT2D eigenvalue weighted by Gasteiger charge is -2.46. The summed E-state index contributed by atoms with van der Waals surface area (Å²) in [6, 6.07) is 4.38. The van der Waals surface area contributed by atoms with E-state index < -0.39 is 47.0 Å². The second-order valence-electron chi connectivity index (χ2n) is 12.1. The van der Waals surface area contributed by atoms with Gasteiger partial charge in [0.15, 0.2) is 5.78 Å². The largest absolute Gasteiger partial charge is 0.477 e. The molecular formula is C28H37N4O9S+. The number of nitro benzene ring substituents is 1. The number of carbonyl (C=O) groups excluding carboxylic acids is 3. The zero-order valence-corrected chi connectivity index (χ0v) is 25.1. The number of thioether (sulfide) groups is 1. The molecule has 3 aliphatic heterocycles.